The second kappa shape index (κ2) is 6.38. The van der Waals surface area contributed by atoms with Crippen LogP contribution in [0.25, 0.3) is 0 Å². The molecule has 1 aromatic rings. The fourth-order valence-corrected chi connectivity index (χ4v) is 3.08. The SMILES string of the molecule is CC1CCCC(O)(CCCc2ccccc2)CC1. The quantitative estimate of drug-likeness (QED) is 0.783. The van der Waals surface area contributed by atoms with E-state index in [4.69, 9.17) is 0 Å². The molecule has 18 heavy (non-hydrogen) atoms. The van der Waals surface area contributed by atoms with Gasteiger partial charge in [0.25, 0.3) is 0 Å². The molecule has 1 heteroatoms. The number of aryl methyl sites for hydroxylation is 1. The van der Waals surface area contributed by atoms with Crippen LogP contribution >= 0.6 is 0 Å². The lowest BCUT2D eigenvalue weighted by Crippen LogP contribution is -2.27. The molecule has 0 aromatic heterocycles. The summed E-state index contributed by atoms with van der Waals surface area (Å²) in [5, 5.41) is 10.6. The van der Waals surface area contributed by atoms with Gasteiger partial charge >= 0.3 is 0 Å². The lowest BCUT2D eigenvalue weighted by molar-refractivity contribution is 0.0138. The molecule has 0 amide bonds. The van der Waals surface area contributed by atoms with E-state index >= 15 is 0 Å². The monoisotopic (exact) mass is 246 g/mol. The van der Waals surface area contributed by atoms with Crippen molar-refractivity contribution < 1.29 is 5.11 Å². The van der Waals surface area contributed by atoms with Gasteiger partial charge in [-0.05, 0) is 50.0 Å². The molecule has 2 atom stereocenters. The number of benzene rings is 1. The first-order valence-electron chi connectivity index (χ1n) is 7.44. The van der Waals surface area contributed by atoms with Crippen molar-refractivity contribution >= 4 is 0 Å². The van der Waals surface area contributed by atoms with Crippen molar-refractivity contribution in [3.8, 4) is 0 Å². The average Bonchev–Trinajstić information content (AvgIpc) is 2.54. The van der Waals surface area contributed by atoms with Crippen molar-refractivity contribution in [2.75, 3.05) is 0 Å². The summed E-state index contributed by atoms with van der Waals surface area (Å²) in [6.45, 7) is 2.32. The Hall–Kier alpha value is -0.820. The maximum Gasteiger partial charge on any atom is 0.0648 e. The average molecular weight is 246 g/mol. The van der Waals surface area contributed by atoms with E-state index in [9.17, 15) is 5.11 Å². The van der Waals surface area contributed by atoms with Crippen molar-refractivity contribution in [1.29, 1.82) is 0 Å². The third-order valence-electron chi connectivity index (χ3n) is 4.39. The third kappa shape index (κ3) is 4.13. The van der Waals surface area contributed by atoms with E-state index in [1.807, 2.05) is 0 Å². The fraction of sp³-hybridized carbons (Fsp3) is 0.647. The van der Waals surface area contributed by atoms with Gasteiger partial charge in [0.05, 0.1) is 5.60 Å². The number of rotatable bonds is 4. The van der Waals surface area contributed by atoms with E-state index in [0.29, 0.717) is 0 Å². The Morgan fingerprint density at radius 3 is 2.72 bits per heavy atom. The molecule has 0 saturated heterocycles. The molecular weight excluding hydrogens is 220 g/mol. The predicted molar refractivity (Wildman–Crippen MR) is 76.6 cm³/mol. The molecule has 1 fully saturated rings. The standard InChI is InChI=1S/C17H26O/c1-15-7-5-12-17(18,14-11-15)13-6-10-16-8-3-2-4-9-16/h2-4,8-9,15,18H,5-7,10-14H2,1H3. The van der Waals surface area contributed by atoms with Gasteiger partial charge in [-0.25, -0.2) is 0 Å². The third-order valence-corrected chi connectivity index (χ3v) is 4.39. The molecule has 100 valence electrons. The van der Waals surface area contributed by atoms with Crippen LogP contribution in [0.2, 0.25) is 0 Å². The molecule has 1 aromatic carbocycles. The van der Waals surface area contributed by atoms with Gasteiger partial charge in [0.15, 0.2) is 0 Å². The normalized spacial score (nSPS) is 28.9. The molecule has 1 N–H and O–H groups in total. The highest BCUT2D eigenvalue weighted by Crippen LogP contribution is 2.33. The maximum absolute atomic E-state index is 10.6. The van der Waals surface area contributed by atoms with Gasteiger partial charge in [0, 0.05) is 0 Å². The van der Waals surface area contributed by atoms with E-state index in [1.54, 1.807) is 0 Å². The Bertz CT molecular complexity index is 346. The lowest BCUT2D eigenvalue weighted by atomic mass is 9.88. The van der Waals surface area contributed by atoms with E-state index in [0.717, 1.165) is 38.0 Å². The van der Waals surface area contributed by atoms with Gasteiger partial charge in [0.1, 0.15) is 0 Å². The van der Waals surface area contributed by atoms with Crippen LogP contribution in [0.5, 0.6) is 0 Å². The summed E-state index contributed by atoms with van der Waals surface area (Å²) in [6, 6.07) is 10.6. The smallest absolute Gasteiger partial charge is 0.0648 e. The zero-order valence-electron chi connectivity index (χ0n) is 11.6. The first-order valence-corrected chi connectivity index (χ1v) is 7.44. The molecule has 0 heterocycles. The van der Waals surface area contributed by atoms with Crippen molar-refractivity contribution in [2.24, 2.45) is 5.92 Å². The molecule has 0 bridgehead atoms. The highest BCUT2D eigenvalue weighted by Gasteiger charge is 2.28. The first-order chi connectivity index (χ1) is 8.68. The van der Waals surface area contributed by atoms with Gasteiger partial charge in [-0.15, -0.1) is 0 Å². The second-order valence-electron chi connectivity index (χ2n) is 6.10. The van der Waals surface area contributed by atoms with Crippen LogP contribution in [-0.4, -0.2) is 10.7 Å². The number of aliphatic hydroxyl groups is 1. The molecule has 1 nitrogen and oxygen atoms in total. The van der Waals surface area contributed by atoms with Crippen LogP contribution < -0.4 is 0 Å². The second-order valence-corrected chi connectivity index (χ2v) is 6.10. The largest absolute Gasteiger partial charge is 0.390 e. The van der Waals surface area contributed by atoms with Crippen LogP contribution in [0, 0.1) is 5.92 Å². The molecule has 0 radical (unpaired) electrons. The van der Waals surface area contributed by atoms with Gasteiger partial charge < -0.3 is 5.11 Å². The molecule has 2 unspecified atom stereocenters. The van der Waals surface area contributed by atoms with E-state index < -0.39 is 0 Å². The Labute approximate surface area is 111 Å². The van der Waals surface area contributed by atoms with Crippen molar-refractivity contribution in [1.82, 2.24) is 0 Å². The first kappa shape index (κ1) is 13.6. The van der Waals surface area contributed by atoms with Crippen LogP contribution in [0.3, 0.4) is 0 Å². The van der Waals surface area contributed by atoms with Crippen LogP contribution in [0.15, 0.2) is 30.3 Å². The Kier molecular flexibility index (Phi) is 4.82. The van der Waals surface area contributed by atoms with Crippen molar-refractivity contribution in [3.05, 3.63) is 35.9 Å². The van der Waals surface area contributed by atoms with Gasteiger partial charge in [0.2, 0.25) is 0 Å². The zero-order chi connectivity index (χ0) is 12.8. The molecule has 1 aliphatic rings. The van der Waals surface area contributed by atoms with Crippen molar-refractivity contribution in [2.45, 2.75) is 63.9 Å². The highest BCUT2D eigenvalue weighted by atomic mass is 16.3. The summed E-state index contributed by atoms with van der Waals surface area (Å²) in [4.78, 5) is 0. The molecule has 1 saturated carbocycles. The summed E-state index contributed by atoms with van der Waals surface area (Å²) >= 11 is 0. The van der Waals surface area contributed by atoms with Crippen molar-refractivity contribution in [3.63, 3.8) is 0 Å². The number of hydrogen-bond donors (Lipinski definition) is 1. The molecule has 0 aliphatic heterocycles. The summed E-state index contributed by atoms with van der Waals surface area (Å²) in [5.74, 6) is 0.799. The fourth-order valence-electron chi connectivity index (χ4n) is 3.08. The molecular formula is C17H26O. The zero-order valence-corrected chi connectivity index (χ0v) is 11.6. The minimum Gasteiger partial charge on any atom is -0.390 e. The van der Waals surface area contributed by atoms with Crippen LogP contribution in [0.1, 0.15) is 57.4 Å². The van der Waals surface area contributed by atoms with Crippen LogP contribution in [-0.2, 0) is 6.42 Å². The molecule has 0 spiro atoms. The van der Waals surface area contributed by atoms with Gasteiger partial charge in [-0.3, -0.25) is 0 Å². The topological polar surface area (TPSA) is 20.2 Å². The minimum absolute atomic E-state index is 0.375. The van der Waals surface area contributed by atoms with Gasteiger partial charge in [-0.1, -0.05) is 50.1 Å². The number of hydrogen-bond acceptors (Lipinski definition) is 1. The predicted octanol–water partition coefficient (Wildman–Crippen LogP) is 4.34. The Balaban J connectivity index is 1.78. The Morgan fingerprint density at radius 1 is 1.17 bits per heavy atom. The summed E-state index contributed by atoms with van der Waals surface area (Å²) in [7, 11) is 0. The Morgan fingerprint density at radius 2 is 1.94 bits per heavy atom. The summed E-state index contributed by atoms with van der Waals surface area (Å²) in [6.07, 6.45) is 8.86. The van der Waals surface area contributed by atoms with E-state index in [2.05, 4.69) is 37.3 Å². The van der Waals surface area contributed by atoms with Crippen LogP contribution in [0.4, 0.5) is 0 Å². The highest BCUT2D eigenvalue weighted by molar-refractivity contribution is 5.14. The minimum atomic E-state index is -0.375. The molecule has 2 rings (SSSR count). The molecule has 1 aliphatic carbocycles. The summed E-state index contributed by atoms with van der Waals surface area (Å²) < 4.78 is 0. The van der Waals surface area contributed by atoms with E-state index in [-0.39, 0.29) is 5.60 Å². The van der Waals surface area contributed by atoms with E-state index in [1.165, 1.54) is 24.8 Å². The lowest BCUT2D eigenvalue weighted by Gasteiger charge is -2.26. The van der Waals surface area contributed by atoms with Gasteiger partial charge in [-0.2, -0.15) is 0 Å². The maximum atomic E-state index is 10.6. The summed E-state index contributed by atoms with van der Waals surface area (Å²) in [5.41, 5.74) is 1.02.